The number of hydrogen-bond donors (Lipinski definition) is 0. The molecule has 0 bridgehead atoms. The zero-order valence-corrected chi connectivity index (χ0v) is 27.1. The summed E-state index contributed by atoms with van der Waals surface area (Å²) in [5.74, 6) is 0. The van der Waals surface area contributed by atoms with Crippen molar-refractivity contribution < 1.29 is 4.42 Å². The van der Waals surface area contributed by atoms with Crippen LogP contribution in [-0.2, 0) is 0 Å². The molecule has 0 atom stereocenters. The molecule has 9 rings (SSSR count). The van der Waals surface area contributed by atoms with E-state index in [4.69, 9.17) is 4.42 Å². The van der Waals surface area contributed by atoms with Crippen LogP contribution in [0.15, 0.2) is 193 Å². The first-order valence-electron chi connectivity index (χ1n) is 16.7. The standard InChI is InChI=1S/C46H31N3O/c1-3-9-32(10-4-1)34-16-22-39(23-17-34)49(40-24-18-35(19-25-40)33-11-5-2-6-12-33)41-26-20-36(21-27-41)37-13-7-14-38(31-37)42-28-30-48-45-44-43(50-46(42)45)15-8-29-47-44/h1-31H. The zero-order chi connectivity index (χ0) is 33.3. The molecule has 3 aromatic heterocycles. The van der Waals surface area contributed by atoms with Crippen LogP contribution in [0.3, 0.4) is 0 Å². The Labute approximate surface area is 290 Å². The highest BCUT2D eigenvalue weighted by molar-refractivity contribution is 6.05. The second-order valence-electron chi connectivity index (χ2n) is 12.3. The average Bonchev–Trinajstić information content (AvgIpc) is 3.59. The number of fused-ring (bicyclic) bond motifs is 3. The van der Waals surface area contributed by atoms with Gasteiger partial charge in [0.25, 0.3) is 0 Å². The molecule has 0 fully saturated rings. The third kappa shape index (κ3) is 5.49. The van der Waals surface area contributed by atoms with Gasteiger partial charge in [0.05, 0.1) is 0 Å². The summed E-state index contributed by atoms with van der Waals surface area (Å²) in [5.41, 5.74) is 15.4. The predicted molar refractivity (Wildman–Crippen MR) is 206 cm³/mol. The van der Waals surface area contributed by atoms with Crippen LogP contribution in [0.5, 0.6) is 0 Å². The van der Waals surface area contributed by atoms with Crippen molar-refractivity contribution in [3.63, 3.8) is 0 Å². The molecule has 9 aromatic rings. The van der Waals surface area contributed by atoms with E-state index in [0.29, 0.717) is 0 Å². The summed E-state index contributed by atoms with van der Waals surface area (Å²) >= 11 is 0. The van der Waals surface area contributed by atoms with Crippen LogP contribution in [0.4, 0.5) is 17.1 Å². The molecule has 0 unspecified atom stereocenters. The highest BCUT2D eigenvalue weighted by Gasteiger charge is 2.16. The Bertz CT molecular complexity index is 2480. The topological polar surface area (TPSA) is 42.2 Å². The fraction of sp³-hybridized carbons (Fsp3) is 0. The summed E-state index contributed by atoms with van der Waals surface area (Å²) in [6.45, 7) is 0. The van der Waals surface area contributed by atoms with Gasteiger partial charge in [-0.1, -0.05) is 115 Å². The van der Waals surface area contributed by atoms with E-state index in [-0.39, 0.29) is 0 Å². The van der Waals surface area contributed by atoms with Gasteiger partial charge < -0.3 is 9.32 Å². The fourth-order valence-corrected chi connectivity index (χ4v) is 6.69. The molecule has 0 radical (unpaired) electrons. The molecule has 0 saturated carbocycles. The molecule has 236 valence electrons. The highest BCUT2D eigenvalue weighted by Crippen LogP contribution is 2.39. The van der Waals surface area contributed by atoms with Crippen molar-refractivity contribution in [3.8, 4) is 44.5 Å². The maximum Gasteiger partial charge on any atom is 0.163 e. The molecule has 50 heavy (non-hydrogen) atoms. The molecule has 0 saturated heterocycles. The number of rotatable bonds is 7. The fourth-order valence-electron chi connectivity index (χ4n) is 6.69. The maximum absolute atomic E-state index is 6.24. The lowest BCUT2D eigenvalue weighted by molar-refractivity contribution is 0.668. The summed E-state index contributed by atoms with van der Waals surface area (Å²) in [6.07, 6.45) is 3.60. The lowest BCUT2D eigenvalue weighted by atomic mass is 9.98. The first kappa shape index (κ1) is 29.4. The third-order valence-electron chi connectivity index (χ3n) is 9.21. The lowest BCUT2D eigenvalue weighted by Gasteiger charge is -2.26. The number of nitrogens with zero attached hydrogens (tertiary/aromatic N) is 3. The molecular formula is C46H31N3O. The average molecular weight is 642 g/mol. The van der Waals surface area contributed by atoms with Crippen LogP contribution < -0.4 is 4.90 Å². The predicted octanol–water partition coefficient (Wildman–Crippen LogP) is 12.5. The van der Waals surface area contributed by atoms with Crippen LogP contribution in [0.25, 0.3) is 66.7 Å². The Kier molecular flexibility index (Phi) is 7.45. The van der Waals surface area contributed by atoms with E-state index < -0.39 is 0 Å². The minimum atomic E-state index is 0.739. The van der Waals surface area contributed by atoms with Gasteiger partial charge in [-0.05, 0) is 99.6 Å². The largest absolute Gasteiger partial charge is 0.452 e. The van der Waals surface area contributed by atoms with E-state index in [9.17, 15) is 0 Å². The van der Waals surface area contributed by atoms with Gasteiger partial charge in [0.2, 0.25) is 0 Å². The summed E-state index contributed by atoms with van der Waals surface area (Å²) < 4.78 is 6.24. The molecule has 0 aliphatic heterocycles. The first-order chi connectivity index (χ1) is 24.8. The number of benzene rings is 6. The Morgan fingerprint density at radius 3 is 1.42 bits per heavy atom. The lowest BCUT2D eigenvalue weighted by Crippen LogP contribution is -2.09. The molecule has 3 heterocycles. The van der Waals surface area contributed by atoms with Gasteiger partial charge in [-0.3, -0.25) is 9.97 Å². The van der Waals surface area contributed by atoms with E-state index in [1.807, 2.05) is 24.4 Å². The first-order valence-corrected chi connectivity index (χ1v) is 16.7. The van der Waals surface area contributed by atoms with E-state index in [2.05, 4.69) is 173 Å². The number of pyridine rings is 2. The maximum atomic E-state index is 6.24. The van der Waals surface area contributed by atoms with Gasteiger partial charge in [-0.25, -0.2) is 0 Å². The molecule has 6 aromatic carbocycles. The van der Waals surface area contributed by atoms with Crippen molar-refractivity contribution in [2.24, 2.45) is 0 Å². The van der Waals surface area contributed by atoms with Crippen molar-refractivity contribution in [2.75, 3.05) is 4.90 Å². The van der Waals surface area contributed by atoms with E-state index in [1.165, 1.54) is 22.3 Å². The molecule has 0 aliphatic carbocycles. The summed E-state index contributed by atoms with van der Waals surface area (Å²) in [7, 11) is 0. The number of anilines is 3. The van der Waals surface area contributed by atoms with Gasteiger partial charge in [0, 0.05) is 35.0 Å². The third-order valence-corrected chi connectivity index (χ3v) is 9.21. The number of hydrogen-bond acceptors (Lipinski definition) is 4. The van der Waals surface area contributed by atoms with Crippen molar-refractivity contribution >= 4 is 39.3 Å². The van der Waals surface area contributed by atoms with Crippen molar-refractivity contribution in [3.05, 3.63) is 188 Å². The van der Waals surface area contributed by atoms with Crippen LogP contribution in [0, 0.1) is 0 Å². The Balaban J connectivity index is 1.07. The molecule has 4 nitrogen and oxygen atoms in total. The minimum absolute atomic E-state index is 0.739. The normalized spacial score (nSPS) is 11.2. The van der Waals surface area contributed by atoms with E-state index in [1.54, 1.807) is 6.20 Å². The van der Waals surface area contributed by atoms with Crippen LogP contribution in [0.1, 0.15) is 0 Å². The van der Waals surface area contributed by atoms with Gasteiger partial charge in [0.1, 0.15) is 11.0 Å². The molecule has 0 amide bonds. The Morgan fingerprint density at radius 2 is 0.840 bits per heavy atom. The molecule has 0 N–H and O–H groups in total. The Morgan fingerprint density at radius 1 is 0.360 bits per heavy atom. The molecule has 4 heteroatoms. The second kappa shape index (κ2) is 12.7. The second-order valence-corrected chi connectivity index (χ2v) is 12.3. The van der Waals surface area contributed by atoms with Crippen LogP contribution in [-0.4, -0.2) is 9.97 Å². The highest BCUT2D eigenvalue weighted by atomic mass is 16.3. The number of furan rings is 1. The van der Waals surface area contributed by atoms with Crippen LogP contribution >= 0.6 is 0 Å². The zero-order valence-electron chi connectivity index (χ0n) is 27.1. The molecule has 0 spiro atoms. The van der Waals surface area contributed by atoms with Gasteiger partial charge in [-0.15, -0.1) is 0 Å². The van der Waals surface area contributed by atoms with E-state index in [0.717, 1.165) is 61.5 Å². The molecular weight excluding hydrogens is 611 g/mol. The van der Waals surface area contributed by atoms with Gasteiger partial charge in [0.15, 0.2) is 11.2 Å². The van der Waals surface area contributed by atoms with Crippen molar-refractivity contribution in [1.82, 2.24) is 9.97 Å². The minimum Gasteiger partial charge on any atom is -0.452 e. The SMILES string of the molecule is c1ccc(-c2ccc(N(c3ccc(-c4ccccc4)cc3)c3ccc(-c4cccc(-c5ccnc6c5oc5cccnc56)c4)cc3)cc2)cc1. The summed E-state index contributed by atoms with van der Waals surface area (Å²) in [4.78, 5) is 11.4. The van der Waals surface area contributed by atoms with Gasteiger partial charge in [-0.2, -0.15) is 0 Å². The Hall–Kier alpha value is -6.78. The number of aromatic nitrogens is 2. The van der Waals surface area contributed by atoms with Gasteiger partial charge >= 0.3 is 0 Å². The summed E-state index contributed by atoms with van der Waals surface area (Å²) in [5, 5.41) is 0. The van der Waals surface area contributed by atoms with Crippen molar-refractivity contribution in [2.45, 2.75) is 0 Å². The molecule has 0 aliphatic rings. The smallest absolute Gasteiger partial charge is 0.163 e. The van der Waals surface area contributed by atoms with E-state index >= 15 is 0 Å². The van der Waals surface area contributed by atoms with Crippen LogP contribution in [0.2, 0.25) is 0 Å². The quantitative estimate of drug-likeness (QED) is 0.174. The summed E-state index contributed by atoms with van der Waals surface area (Å²) in [6, 6.07) is 61.8. The monoisotopic (exact) mass is 641 g/mol. The van der Waals surface area contributed by atoms with Crippen molar-refractivity contribution in [1.29, 1.82) is 0 Å².